The molecule has 2 aromatic rings. The zero-order valence-corrected chi connectivity index (χ0v) is 18.8. The van der Waals surface area contributed by atoms with Gasteiger partial charge < -0.3 is 30.6 Å². The van der Waals surface area contributed by atoms with E-state index in [-0.39, 0.29) is 31.2 Å². The lowest BCUT2D eigenvalue weighted by Gasteiger charge is -2.26. The van der Waals surface area contributed by atoms with Crippen molar-refractivity contribution in [2.45, 2.75) is 18.9 Å². The van der Waals surface area contributed by atoms with Gasteiger partial charge in [0, 0.05) is 32.6 Å². The van der Waals surface area contributed by atoms with Crippen molar-refractivity contribution < 1.29 is 19.8 Å². The van der Waals surface area contributed by atoms with Crippen LogP contribution in [0.15, 0.2) is 54.6 Å². The maximum Gasteiger partial charge on any atom is 0.318 e. The molecule has 0 spiro atoms. The van der Waals surface area contributed by atoms with Gasteiger partial charge in [-0.25, -0.2) is 4.79 Å². The first kappa shape index (κ1) is 25.2. The molecule has 0 unspecified atom stereocenters. The van der Waals surface area contributed by atoms with E-state index in [1.165, 1.54) is 4.90 Å². The second-order valence-electron chi connectivity index (χ2n) is 7.91. The van der Waals surface area contributed by atoms with E-state index >= 15 is 0 Å². The lowest BCUT2D eigenvalue weighted by molar-refractivity contribution is -0.123. The monoisotopic (exact) mass is 442 g/mol. The number of rotatable bonds is 12. The van der Waals surface area contributed by atoms with Crippen LogP contribution in [0.25, 0.3) is 0 Å². The van der Waals surface area contributed by atoms with Gasteiger partial charge in [-0.15, -0.1) is 0 Å². The maximum absolute atomic E-state index is 13.0. The molecule has 0 saturated heterocycles. The normalized spacial score (nSPS) is 11.8. The Morgan fingerprint density at radius 1 is 0.938 bits per heavy atom. The molecule has 0 aromatic heterocycles. The van der Waals surface area contributed by atoms with Gasteiger partial charge >= 0.3 is 6.03 Å². The number of urea groups is 1. The van der Waals surface area contributed by atoms with Crippen LogP contribution in [-0.4, -0.2) is 84.9 Å². The number of carbonyl (C=O) groups excluding carboxylic acids is 2. The molecule has 2 aromatic carbocycles. The van der Waals surface area contributed by atoms with Gasteiger partial charge in [-0.05, 0) is 43.8 Å². The molecule has 0 heterocycles. The molecule has 1 atom stereocenters. The number of amides is 3. The number of aromatic hydroxyl groups is 1. The van der Waals surface area contributed by atoms with Gasteiger partial charge in [0.05, 0.1) is 6.61 Å². The molecule has 3 amide bonds. The lowest BCUT2D eigenvalue weighted by atomic mass is 10.0. The molecule has 4 N–H and O–H groups in total. The number of benzene rings is 2. The average Bonchev–Trinajstić information content (AvgIpc) is 2.78. The van der Waals surface area contributed by atoms with Crippen molar-refractivity contribution >= 4 is 11.9 Å². The van der Waals surface area contributed by atoms with Crippen molar-refractivity contribution in [2.75, 3.05) is 46.9 Å². The Morgan fingerprint density at radius 3 is 2.25 bits per heavy atom. The fourth-order valence-electron chi connectivity index (χ4n) is 3.19. The van der Waals surface area contributed by atoms with Crippen molar-refractivity contribution in [1.82, 2.24) is 20.4 Å². The Hall–Kier alpha value is -3.10. The lowest BCUT2D eigenvalue weighted by Crippen LogP contribution is -2.53. The summed E-state index contributed by atoms with van der Waals surface area (Å²) in [6, 6.07) is 15.2. The van der Waals surface area contributed by atoms with E-state index in [1.54, 1.807) is 24.3 Å². The third-order valence-corrected chi connectivity index (χ3v) is 5.02. The van der Waals surface area contributed by atoms with Crippen LogP contribution in [0.2, 0.25) is 0 Å². The molecule has 0 fully saturated rings. The van der Waals surface area contributed by atoms with E-state index in [4.69, 9.17) is 0 Å². The first-order valence-electron chi connectivity index (χ1n) is 10.8. The molecule has 0 saturated carbocycles. The number of nitrogens with one attached hydrogen (secondary N) is 2. The number of aliphatic hydroxyl groups excluding tert-OH is 1. The second kappa shape index (κ2) is 13.3. The van der Waals surface area contributed by atoms with Gasteiger partial charge in [0.15, 0.2) is 0 Å². The number of phenols is 1. The maximum atomic E-state index is 13.0. The summed E-state index contributed by atoms with van der Waals surface area (Å²) in [6.45, 7) is 1.57. The zero-order valence-electron chi connectivity index (χ0n) is 18.8. The summed E-state index contributed by atoms with van der Waals surface area (Å²) in [4.78, 5) is 29.3. The Bertz CT molecular complexity index is 828. The predicted molar refractivity (Wildman–Crippen MR) is 124 cm³/mol. The molecule has 2 rings (SSSR count). The zero-order chi connectivity index (χ0) is 23.3. The molecule has 32 heavy (non-hydrogen) atoms. The van der Waals surface area contributed by atoms with Crippen LogP contribution in [0.4, 0.5) is 4.79 Å². The summed E-state index contributed by atoms with van der Waals surface area (Å²) >= 11 is 0. The molecule has 0 bridgehead atoms. The van der Waals surface area contributed by atoms with E-state index in [0.717, 1.165) is 11.1 Å². The van der Waals surface area contributed by atoms with Crippen LogP contribution in [0.5, 0.6) is 5.75 Å². The van der Waals surface area contributed by atoms with Crippen molar-refractivity contribution in [1.29, 1.82) is 0 Å². The van der Waals surface area contributed by atoms with E-state index in [0.29, 0.717) is 26.1 Å². The minimum atomic E-state index is -0.785. The van der Waals surface area contributed by atoms with Gasteiger partial charge in [-0.3, -0.25) is 4.79 Å². The fraction of sp³-hybridized carbons (Fsp3) is 0.417. The highest BCUT2D eigenvalue weighted by molar-refractivity contribution is 5.87. The fourth-order valence-corrected chi connectivity index (χ4v) is 3.19. The Kier molecular flexibility index (Phi) is 10.5. The molecule has 0 aliphatic heterocycles. The second-order valence-corrected chi connectivity index (χ2v) is 7.91. The molecular weight excluding hydrogens is 408 g/mol. The molecule has 174 valence electrons. The molecular formula is C24H34N4O4. The summed E-state index contributed by atoms with van der Waals surface area (Å²) in [6.07, 6.45) is 0.928. The highest BCUT2D eigenvalue weighted by Crippen LogP contribution is 2.12. The summed E-state index contributed by atoms with van der Waals surface area (Å²) in [5, 5.41) is 24.6. The first-order chi connectivity index (χ1) is 15.4. The molecule has 0 aliphatic rings. The minimum Gasteiger partial charge on any atom is -0.508 e. The quantitative estimate of drug-likeness (QED) is 0.396. The van der Waals surface area contributed by atoms with E-state index in [2.05, 4.69) is 10.6 Å². The van der Waals surface area contributed by atoms with Gasteiger partial charge in [-0.1, -0.05) is 42.5 Å². The topological polar surface area (TPSA) is 105 Å². The van der Waals surface area contributed by atoms with E-state index in [9.17, 15) is 19.8 Å². The number of nitrogens with zero attached hydrogens (tertiary/aromatic N) is 2. The summed E-state index contributed by atoms with van der Waals surface area (Å²) < 4.78 is 0. The molecule has 0 radical (unpaired) electrons. The summed E-state index contributed by atoms with van der Waals surface area (Å²) in [5.74, 6) is -0.139. The number of hydrogen-bond acceptors (Lipinski definition) is 5. The van der Waals surface area contributed by atoms with Crippen LogP contribution in [0.3, 0.4) is 0 Å². The molecule has 0 aliphatic carbocycles. The third kappa shape index (κ3) is 8.95. The van der Waals surface area contributed by atoms with Crippen LogP contribution in [-0.2, 0) is 17.6 Å². The van der Waals surface area contributed by atoms with Crippen molar-refractivity contribution in [3.05, 3.63) is 65.7 Å². The Morgan fingerprint density at radius 2 is 1.62 bits per heavy atom. The first-order valence-corrected chi connectivity index (χ1v) is 10.8. The largest absolute Gasteiger partial charge is 0.508 e. The van der Waals surface area contributed by atoms with Gasteiger partial charge in [0.2, 0.25) is 5.91 Å². The minimum absolute atomic E-state index is 0.139. The number of hydrogen-bond donors (Lipinski definition) is 4. The summed E-state index contributed by atoms with van der Waals surface area (Å²) in [5.41, 5.74) is 1.90. The van der Waals surface area contributed by atoms with E-state index in [1.807, 2.05) is 49.3 Å². The van der Waals surface area contributed by atoms with E-state index < -0.39 is 12.1 Å². The smallest absolute Gasteiger partial charge is 0.318 e. The number of phenolic OH excluding ortho intramolecular Hbond substituents is 1. The Labute approximate surface area is 189 Å². The van der Waals surface area contributed by atoms with Gasteiger partial charge in [0.25, 0.3) is 0 Å². The summed E-state index contributed by atoms with van der Waals surface area (Å²) in [7, 11) is 3.84. The predicted octanol–water partition coefficient (Wildman–Crippen LogP) is 1.23. The van der Waals surface area contributed by atoms with Crippen LogP contribution in [0.1, 0.15) is 11.1 Å². The SMILES string of the molecule is CN(C)CCNC(=O)[C@H](Cc1ccc(O)cc1)NC(=O)N(CCO)CCc1ccccc1. The molecule has 8 nitrogen and oxygen atoms in total. The third-order valence-electron chi connectivity index (χ3n) is 5.02. The van der Waals surface area contributed by atoms with Crippen molar-refractivity contribution in [3.8, 4) is 5.75 Å². The number of carbonyl (C=O) groups is 2. The van der Waals surface area contributed by atoms with Crippen molar-refractivity contribution in [3.63, 3.8) is 0 Å². The van der Waals surface area contributed by atoms with Gasteiger partial charge in [0.1, 0.15) is 11.8 Å². The standard InChI is InChI=1S/C24H34N4O4/c1-27(2)15-13-25-23(31)22(18-20-8-10-21(30)11-9-20)26-24(32)28(16-17-29)14-12-19-6-4-3-5-7-19/h3-11,22,29-30H,12-18H2,1-2H3,(H,25,31)(H,26,32)/t22-/m0/s1. The van der Waals surface area contributed by atoms with Crippen LogP contribution < -0.4 is 10.6 Å². The number of aliphatic hydroxyl groups is 1. The van der Waals surface area contributed by atoms with Crippen LogP contribution in [0, 0.1) is 0 Å². The van der Waals surface area contributed by atoms with Crippen LogP contribution >= 0.6 is 0 Å². The number of likely N-dealkylation sites (N-methyl/N-ethyl adjacent to an activating group) is 1. The Balaban J connectivity index is 2.06. The molecule has 8 heteroatoms. The van der Waals surface area contributed by atoms with Crippen molar-refractivity contribution in [2.24, 2.45) is 0 Å². The highest BCUT2D eigenvalue weighted by atomic mass is 16.3. The highest BCUT2D eigenvalue weighted by Gasteiger charge is 2.24. The average molecular weight is 443 g/mol. The van der Waals surface area contributed by atoms with Gasteiger partial charge in [-0.2, -0.15) is 0 Å².